The van der Waals surface area contributed by atoms with E-state index in [1.165, 1.54) is 0 Å². The molecule has 0 bridgehead atoms. The molecule has 0 atom stereocenters. The van der Waals surface area contributed by atoms with Crippen LogP contribution < -0.4 is 5.69 Å². The summed E-state index contributed by atoms with van der Waals surface area (Å²) in [6, 6.07) is 14.3. The number of nitrogens with zero attached hydrogens (tertiary/aromatic N) is 8. The molecule has 0 saturated carbocycles. The van der Waals surface area contributed by atoms with Gasteiger partial charge in [0, 0.05) is 45.6 Å². The number of fused-ring (bicyclic) bond motifs is 2. The zero-order valence-electron chi connectivity index (χ0n) is 18.8. The minimum absolute atomic E-state index is 0.0506. The summed E-state index contributed by atoms with van der Waals surface area (Å²) in [5, 5.41) is 4.29. The maximum atomic E-state index is 12.5. The molecule has 0 unspecified atom stereocenters. The first-order valence-corrected chi connectivity index (χ1v) is 10.6. The van der Waals surface area contributed by atoms with Crippen molar-refractivity contribution in [2.75, 3.05) is 0 Å². The molecule has 0 aliphatic rings. The highest BCUT2D eigenvalue weighted by Gasteiger charge is 2.19. The second kappa shape index (κ2) is 6.80. The van der Waals surface area contributed by atoms with E-state index in [4.69, 9.17) is 4.98 Å². The fraction of sp³-hybridized carbons (Fsp3) is 0.167. The van der Waals surface area contributed by atoms with Gasteiger partial charge in [0.2, 0.25) is 0 Å². The van der Waals surface area contributed by atoms with Gasteiger partial charge in [-0.25, -0.2) is 14.8 Å². The average molecular weight is 438 g/mol. The summed E-state index contributed by atoms with van der Waals surface area (Å²) in [5.74, 6) is 0.785. The van der Waals surface area contributed by atoms with Crippen LogP contribution in [0.4, 0.5) is 0 Å². The molecule has 9 heteroatoms. The zero-order valence-corrected chi connectivity index (χ0v) is 18.8. The lowest BCUT2D eigenvalue weighted by Crippen LogP contribution is -2.19. The van der Waals surface area contributed by atoms with Crippen LogP contribution in [0.15, 0.2) is 66.0 Å². The molecule has 9 nitrogen and oxygen atoms in total. The van der Waals surface area contributed by atoms with Crippen LogP contribution in [0.2, 0.25) is 0 Å². The van der Waals surface area contributed by atoms with Crippen molar-refractivity contribution in [1.29, 1.82) is 0 Å². The van der Waals surface area contributed by atoms with Crippen molar-refractivity contribution < 1.29 is 0 Å². The van der Waals surface area contributed by atoms with E-state index >= 15 is 0 Å². The van der Waals surface area contributed by atoms with E-state index in [9.17, 15) is 4.79 Å². The third-order valence-corrected chi connectivity index (χ3v) is 6.33. The summed E-state index contributed by atoms with van der Waals surface area (Å²) in [6.07, 6.45) is 5.37. The Balaban J connectivity index is 1.65. The van der Waals surface area contributed by atoms with Gasteiger partial charge in [-0.3, -0.25) is 18.4 Å². The molecule has 4 heterocycles. The summed E-state index contributed by atoms with van der Waals surface area (Å²) >= 11 is 0. The standard InChI is InChI=1S/C24H22N8O/c1-28-14-25-13-22(28)23-27-17-11-15(18-9-10-26-31(18)4)5-7-19(17)32(23)16-6-8-20-21(12-16)30(3)24(33)29(20)2/h5-14H,1-4H3. The van der Waals surface area contributed by atoms with E-state index in [-0.39, 0.29) is 5.69 Å². The second-order valence-corrected chi connectivity index (χ2v) is 8.28. The lowest BCUT2D eigenvalue weighted by atomic mass is 10.1. The number of hydrogen-bond acceptors (Lipinski definition) is 4. The molecule has 0 spiro atoms. The van der Waals surface area contributed by atoms with Gasteiger partial charge < -0.3 is 4.57 Å². The van der Waals surface area contributed by atoms with E-state index in [2.05, 4.69) is 32.8 Å². The van der Waals surface area contributed by atoms with Gasteiger partial charge in [-0.1, -0.05) is 6.07 Å². The first kappa shape index (κ1) is 19.3. The summed E-state index contributed by atoms with van der Waals surface area (Å²) in [4.78, 5) is 21.8. The van der Waals surface area contributed by atoms with E-state index in [0.29, 0.717) is 0 Å². The molecule has 0 amide bonds. The lowest BCUT2D eigenvalue weighted by Gasteiger charge is -2.11. The molecule has 0 aliphatic carbocycles. The fourth-order valence-electron chi connectivity index (χ4n) is 4.54. The normalized spacial score (nSPS) is 11.8. The van der Waals surface area contributed by atoms with Gasteiger partial charge in [0.05, 0.1) is 40.3 Å². The molecule has 6 rings (SSSR count). The van der Waals surface area contributed by atoms with E-state index in [1.54, 1.807) is 35.8 Å². The second-order valence-electron chi connectivity index (χ2n) is 8.28. The fourth-order valence-corrected chi connectivity index (χ4v) is 4.54. The molecule has 2 aromatic carbocycles. The van der Waals surface area contributed by atoms with E-state index in [0.717, 1.165) is 50.5 Å². The van der Waals surface area contributed by atoms with Gasteiger partial charge in [0.15, 0.2) is 5.82 Å². The number of benzene rings is 2. The molecule has 0 aliphatic heterocycles. The quantitative estimate of drug-likeness (QED) is 0.425. The monoisotopic (exact) mass is 438 g/mol. The number of aryl methyl sites for hydroxylation is 4. The largest absolute Gasteiger partial charge is 0.331 e. The van der Waals surface area contributed by atoms with E-state index < -0.39 is 0 Å². The molecule has 0 radical (unpaired) electrons. The third kappa shape index (κ3) is 2.72. The van der Waals surface area contributed by atoms with Crippen LogP contribution >= 0.6 is 0 Å². The molecule has 4 aromatic heterocycles. The number of aromatic nitrogens is 8. The first-order valence-electron chi connectivity index (χ1n) is 10.6. The number of imidazole rings is 3. The molecule has 6 aromatic rings. The average Bonchev–Trinajstić information content (AvgIpc) is 3.57. The van der Waals surface area contributed by atoms with Gasteiger partial charge in [-0.05, 0) is 36.4 Å². The third-order valence-electron chi connectivity index (χ3n) is 6.33. The van der Waals surface area contributed by atoms with Crippen LogP contribution in [0.5, 0.6) is 0 Å². The van der Waals surface area contributed by atoms with Crippen LogP contribution in [-0.4, -0.2) is 38.0 Å². The van der Waals surface area contributed by atoms with Gasteiger partial charge >= 0.3 is 5.69 Å². The number of rotatable bonds is 3. The Morgan fingerprint density at radius 2 is 1.61 bits per heavy atom. The predicted octanol–water partition coefficient (Wildman–Crippen LogP) is 3.02. The van der Waals surface area contributed by atoms with Crippen molar-refractivity contribution in [2.24, 2.45) is 28.2 Å². The first-order chi connectivity index (χ1) is 15.9. The maximum absolute atomic E-state index is 12.5. The number of hydrogen-bond donors (Lipinski definition) is 0. The Morgan fingerprint density at radius 1 is 0.818 bits per heavy atom. The van der Waals surface area contributed by atoms with Crippen molar-refractivity contribution in [1.82, 2.24) is 38.0 Å². The van der Waals surface area contributed by atoms with Crippen molar-refractivity contribution in [3.05, 3.63) is 71.7 Å². The molecule has 0 fully saturated rings. The molecular formula is C24H22N8O. The highest BCUT2D eigenvalue weighted by atomic mass is 16.1. The summed E-state index contributed by atoms with van der Waals surface area (Å²) in [5.41, 5.74) is 7.43. The van der Waals surface area contributed by atoms with Gasteiger partial charge in [0.1, 0.15) is 5.69 Å². The minimum atomic E-state index is -0.0506. The minimum Gasteiger partial charge on any atom is -0.331 e. The Morgan fingerprint density at radius 3 is 2.33 bits per heavy atom. The zero-order chi connectivity index (χ0) is 22.9. The SMILES string of the molecule is Cn1cncc1-c1nc2cc(-c3ccnn3C)ccc2n1-c1ccc2c(c1)n(C)c(=O)n2C. The van der Waals surface area contributed by atoms with Crippen molar-refractivity contribution in [3.63, 3.8) is 0 Å². The smallest absolute Gasteiger partial charge is 0.328 e. The Bertz CT molecular complexity index is 1740. The summed E-state index contributed by atoms with van der Waals surface area (Å²) in [7, 11) is 7.47. The van der Waals surface area contributed by atoms with Crippen LogP contribution in [0.25, 0.3) is 50.5 Å². The maximum Gasteiger partial charge on any atom is 0.328 e. The Labute approximate surface area is 188 Å². The molecular weight excluding hydrogens is 416 g/mol. The summed E-state index contributed by atoms with van der Waals surface area (Å²) < 4.78 is 9.26. The van der Waals surface area contributed by atoms with Crippen LogP contribution in [0.3, 0.4) is 0 Å². The van der Waals surface area contributed by atoms with E-state index in [1.807, 2.05) is 53.8 Å². The van der Waals surface area contributed by atoms with Crippen molar-refractivity contribution in [2.45, 2.75) is 0 Å². The van der Waals surface area contributed by atoms with Crippen LogP contribution in [0, 0.1) is 0 Å². The molecule has 164 valence electrons. The molecule has 0 saturated heterocycles. The van der Waals surface area contributed by atoms with Gasteiger partial charge in [-0.15, -0.1) is 0 Å². The van der Waals surface area contributed by atoms with Gasteiger partial charge in [0.25, 0.3) is 0 Å². The predicted molar refractivity (Wildman–Crippen MR) is 127 cm³/mol. The summed E-state index contributed by atoms with van der Waals surface area (Å²) in [6.45, 7) is 0. The van der Waals surface area contributed by atoms with Crippen molar-refractivity contribution in [3.8, 4) is 28.5 Å². The van der Waals surface area contributed by atoms with Crippen LogP contribution in [0.1, 0.15) is 0 Å². The molecule has 33 heavy (non-hydrogen) atoms. The lowest BCUT2D eigenvalue weighted by molar-refractivity contribution is 0.776. The molecule has 0 N–H and O–H groups in total. The topological polar surface area (TPSA) is 80.4 Å². The highest BCUT2D eigenvalue weighted by molar-refractivity contribution is 5.88. The highest BCUT2D eigenvalue weighted by Crippen LogP contribution is 2.32. The van der Waals surface area contributed by atoms with Gasteiger partial charge in [-0.2, -0.15) is 5.10 Å². The van der Waals surface area contributed by atoms with Crippen LogP contribution in [-0.2, 0) is 28.2 Å². The van der Waals surface area contributed by atoms with Crippen molar-refractivity contribution >= 4 is 22.1 Å². The Kier molecular flexibility index (Phi) is 3.97. The Hall–Kier alpha value is -4.40.